The van der Waals surface area contributed by atoms with Crippen LogP contribution in [-0.2, 0) is 4.79 Å². The fourth-order valence-electron chi connectivity index (χ4n) is 1.77. The normalized spacial score (nSPS) is 10.5. The van der Waals surface area contributed by atoms with Gasteiger partial charge in [-0.1, -0.05) is 18.2 Å². The number of rotatable bonds is 6. The Balaban J connectivity index is 1.87. The van der Waals surface area contributed by atoms with Crippen LogP contribution in [0.25, 0.3) is 0 Å². The van der Waals surface area contributed by atoms with E-state index < -0.39 is 11.9 Å². The van der Waals surface area contributed by atoms with Crippen molar-refractivity contribution < 1.29 is 19.1 Å². The summed E-state index contributed by atoms with van der Waals surface area (Å²) in [6.07, 6.45) is 1.26. The number of hydrogen-bond donors (Lipinski definition) is 3. The zero-order chi connectivity index (χ0) is 16.7. The first-order valence-electron chi connectivity index (χ1n) is 6.70. The highest BCUT2D eigenvalue weighted by molar-refractivity contribution is 5.98. The van der Waals surface area contributed by atoms with Gasteiger partial charge in [0.05, 0.1) is 18.3 Å². The van der Waals surface area contributed by atoms with Crippen molar-refractivity contribution in [1.82, 2.24) is 5.43 Å². The largest absolute Gasteiger partial charge is 0.478 e. The van der Waals surface area contributed by atoms with Crippen molar-refractivity contribution in [2.75, 3.05) is 11.9 Å². The molecule has 0 bridgehead atoms. The summed E-state index contributed by atoms with van der Waals surface area (Å²) in [5.41, 5.74) is 3.35. The molecule has 0 saturated heterocycles. The second kappa shape index (κ2) is 7.69. The van der Waals surface area contributed by atoms with Crippen molar-refractivity contribution in [1.29, 1.82) is 0 Å². The molecule has 0 spiro atoms. The molecule has 0 fully saturated rings. The number of nitrogens with one attached hydrogen (secondary N) is 2. The molecule has 2 aromatic carbocycles. The fraction of sp³-hybridized carbons (Fsp3) is 0.0625. The van der Waals surface area contributed by atoms with Gasteiger partial charge in [-0.05, 0) is 30.3 Å². The molecule has 23 heavy (non-hydrogen) atoms. The number of aromatic carboxylic acids is 1. The molecule has 2 aromatic rings. The van der Waals surface area contributed by atoms with E-state index >= 15 is 0 Å². The van der Waals surface area contributed by atoms with E-state index in [2.05, 4.69) is 15.8 Å². The van der Waals surface area contributed by atoms with Gasteiger partial charge in [-0.25, -0.2) is 14.6 Å². The van der Waals surface area contributed by atoms with E-state index in [1.807, 2.05) is 0 Å². The smallest absolute Gasteiger partial charge is 0.336 e. The maximum Gasteiger partial charge on any atom is 0.336 e. The second-order valence-corrected chi connectivity index (χ2v) is 4.55. The Hall–Kier alpha value is -3.22. The molecule has 0 aliphatic rings. The lowest BCUT2D eigenvalue weighted by atomic mass is 10.1. The first-order chi connectivity index (χ1) is 11.1. The highest BCUT2D eigenvalue weighted by Crippen LogP contribution is 2.07. The van der Waals surface area contributed by atoms with E-state index in [1.54, 1.807) is 18.2 Å². The number of amides is 1. The van der Waals surface area contributed by atoms with E-state index in [9.17, 15) is 14.0 Å². The zero-order valence-electron chi connectivity index (χ0n) is 12.0. The number of carbonyl (C=O) groups excluding carboxylic acids is 1. The number of carbonyl (C=O) groups is 2. The Kier molecular flexibility index (Phi) is 5.40. The molecule has 1 amide bonds. The molecule has 0 aromatic heterocycles. The maximum absolute atomic E-state index is 12.7. The fourth-order valence-corrected chi connectivity index (χ4v) is 1.77. The summed E-state index contributed by atoms with van der Waals surface area (Å²) in [7, 11) is 0. The molecule has 118 valence electrons. The third kappa shape index (κ3) is 4.92. The summed E-state index contributed by atoms with van der Waals surface area (Å²) in [5, 5.41) is 15.5. The van der Waals surface area contributed by atoms with Crippen LogP contribution >= 0.6 is 0 Å². The van der Waals surface area contributed by atoms with Gasteiger partial charge in [0.1, 0.15) is 5.82 Å². The van der Waals surface area contributed by atoms with Crippen LogP contribution in [0.5, 0.6) is 0 Å². The monoisotopic (exact) mass is 315 g/mol. The minimum absolute atomic E-state index is 0.0520. The van der Waals surface area contributed by atoms with Crippen LogP contribution < -0.4 is 10.7 Å². The van der Waals surface area contributed by atoms with Crippen LogP contribution in [-0.4, -0.2) is 29.7 Å². The molecule has 0 heterocycles. The van der Waals surface area contributed by atoms with Gasteiger partial charge in [0.2, 0.25) is 0 Å². The number of hydrazone groups is 1. The van der Waals surface area contributed by atoms with Crippen LogP contribution in [0.2, 0.25) is 0 Å². The lowest BCUT2D eigenvalue weighted by molar-refractivity contribution is -0.119. The minimum atomic E-state index is -1.07. The van der Waals surface area contributed by atoms with Crippen LogP contribution in [0, 0.1) is 5.82 Å². The summed E-state index contributed by atoms with van der Waals surface area (Å²) in [6, 6.07) is 11.9. The zero-order valence-corrected chi connectivity index (χ0v) is 12.0. The topological polar surface area (TPSA) is 90.8 Å². The van der Waals surface area contributed by atoms with Gasteiger partial charge in [0.15, 0.2) is 0 Å². The van der Waals surface area contributed by atoms with Crippen molar-refractivity contribution in [2.24, 2.45) is 5.10 Å². The van der Waals surface area contributed by atoms with Gasteiger partial charge in [0.25, 0.3) is 5.91 Å². The molecule has 0 unspecified atom stereocenters. The molecule has 3 N–H and O–H groups in total. The van der Waals surface area contributed by atoms with Gasteiger partial charge < -0.3 is 10.4 Å². The maximum atomic E-state index is 12.7. The lowest BCUT2D eigenvalue weighted by Gasteiger charge is -2.05. The summed E-state index contributed by atoms with van der Waals surface area (Å²) in [6.45, 7) is -0.0520. The molecule has 6 nitrogen and oxygen atoms in total. The number of nitrogens with zero attached hydrogens (tertiary/aromatic N) is 1. The van der Waals surface area contributed by atoms with Gasteiger partial charge >= 0.3 is 5.97 Å². The molecular weight excluding hydrogens is 301 g/mol. The van der Waals surface area contributed by atoms with Gasteiger partial charge in [-0.3, -0.25) is 4.79 Å². The number of anilines is 1. The van der Waals surface area contributed by atoms with Gasteiger partial charge in [-0.15, -0.1) is 0 Å². The standard InChI is InChI=1S/C16H14FN3O3/c17-12-5-7-13(8-6-12)18-10-15(21)20-19-9-11-3-1-2-4-14(11)16(22)23/h1-9,18H,10H2,(H,20,21)(H,22,23). The quantitative estimate of drug-likeness (QED) is 0.562. The third-order valence-electron chi connectivity index (χ3n) is 2.88. The van der Waals surface area contributed by atoms with Crippen molar-refractivity contribution in [3.63, 3.8) is 0 Å². The molecule has 0 aliphatic heterocycles. The minimum Gasteiger partial charge on any atom is -0.478 e. The Bertz CT molecular complexity index is 730. The van der Waals surface area contributed by atoms with E-state index in [-0.39, 0.29) is 17.9 Å². The highest BCUT2D eigenvalue weighted by atomic mass is 19.1. The van der Waals surface area contributed by atoms with Crippen molar-refractivity contribution in [3.8, 4) is 0 Å². The third-order valence-corrected chi connectivity index (χ3v) is 2.88. The van der Waals surface area contributed by atoms with E-state index in [1.165, 1.54) is 36.5 Å². The summed E-state index contributed by atoms with van der Waals surface area (Å²) in [5.74, 6) is -1.85. The van der Waals surface area contributed by atoms with Crippen LogP contribution in [0.1, 0.15) is 15.9 Å². The Morgan fingerprint density at radius 2 is 1.83 bits per heavy atom. The van der Waals surface area contributed by atoms with Gasteiger partial charge in [0, 0.05) is 11.3 Å². The summed E-state index contributed by atoms with van der Waals surface area (Å²) in [4.78, 5) is 22.6. The number of carboxylic acids is 1. The van der Waals surface area contributed by atoms with E-state index in [4.69, 9.17) is 5.11 Å². The predicted octanol–water partition coefficient (Wildman–Crippen LogP) is 2.09. The van der Waals surface area contributed by atoms with Crippen LogP contribution in [0.15, 0.2) is 53.6 Å². The number of halogens is 1. The first-order valence-corrected chi connectivity index (χ1v) is 6.70. The molecule has 7 heteroatoms. The van der Waals surface area contributed by atoms with Crippen molar-refractivity contribution in [3.05, 3.63) is 65.5 Å². The summed E-state index contributed by atoms with van der Waals surface area (Å²) >= 11 is 0. The molecule has 0 aliphatic carbocycles. The average Bonchev–Trinajstić information content (AvgIpc) is 2.54. The van der Waals surface area contributed by atoms with Gasteiger partial charge in [-0.2, -0.15) is 5.10 Å². The average molecular weight is 315 g/mol. The summed E-state index contributed by atoms with van der Waals surface area (Å²) < 4.78 is 12.7. The molecule has 2 rings (SSSR count). The van der Waals surface area contributed by atoms with Crippen molar-refractivity contribution >= 4 is 23.8 Å². The SMILES string of the molecule is O=C(CNc1ccc(F)cc1)NN=Cc1ccccc1C(=O)O. The van der Waals surface area contributed by atoms with Crippen LogP contribution in [0.3, 0.4) is 0 Å². The predicted molar refractivity (Wildman–Crippen MR) is 84.0 cm³/mol. The molecular formula is C16H14FN3O3. The Labute approximate surface area is 131 Å². The second-order valence-electron chi connectivity index (χ2n) is 4.55. The van der Waals surface area contributed by atoms with Crippen molar-refractivity contribution in [2.45, 2.75) is 0 Å². The molecule has 0 atom stereocenters. The highest BCUT2D eigenvalue weighted by Gasteiger charge is 2.06. The Morgan fingerprint density at radius 3 is 2.52 bits per heavy atom. The number of hydrogen-bond acceptors (Lipinski definition) is 4. The molecule has 0 radical (unpaired) electrons. The van der Waals surface area contributed by atoms with Crippen LogP contribution in [0.4, 0.5) is 10.1 Å². The number of benzene rings is 2. The lowest BCUT2D eigenvalue weighted by Crippen LogP contribution is -2.25. The first kappa shape index (κ1) is 16.2. The number of carboxylic acid groups (broad SMARTS) is 1. The molecule has 0 saturated carbocycles. The Morgan fingerprint density at radius 1 is 1.13 bits per heavy atom. The van der Waals surface area contributed by atoms with E-state index in [0.717, 1.165) is 0 Å². The van der Waals surface area contributed by atoms with E-state index in [0.29, 0.717) is 11.3 Å².